The summed E-state index contributed by atoms with van der Waals surface area (Å²) in [7, 11) is -6.39. The number of rotatable bonds is 8. The van der Waals surface area contributed by atoms with Crippen molar-refractivity contribution in [3.05, 3.63) is 48.3 Å². The highest BCUT2D eigenvalue weighted by molar-refractivity contribution is 7.92. The van der Waals surface area contributed by atoms with Crippen molar-refractivity contribution in [3.8, 4) is 5.75 Å². The third kappa shape index (κ3) is 4.57. The Kier molecular flexibility index (Phi) is 6.45. The van der Waals surface area contributed by atoms with E-state index in [1.54, 1.807) is 13.8 Å². The van der Waals surface area contributed by atoms with Gasteiger partial charge < -0.3 is 4.74 Å². The molecule has 1 N–H and O–H groups in total. The van der Waals surface area contributed by atoms with Crippen LogP contribution >= 0.6 is 0 Å². The van der Waals surface area contributed by atoms with E-state index in [2.05, 4.69) is 4.72 Å². The van der Waals surface area contributed by atoms with Crippen molar-refractivity contribution in [1.82, 2.24) is 4.31 Å². The van der Waals surface area contributed by atoms with Gasteiger partial charge in [0.05, 0.1) is 16.9 Å². The first-order valence-electron chi connectivity index (χ1n) is 8.12. The van der Waals surface area contributed by atoms with Gasteiger partial charge in [-0.3, -0.25) is 4.72 Å². The van der Waals surface area contributed by atoms with Gasteiger partial charge >= 0.3 is 0 Å². The van der Waals surface area contributed by atoms with Crippen molar-refractivity contribution in [3.63, 3.8) is 0 Å². The van der Waals surface area contributed by atoms with Gasteiger partial charge in [-0.25, -0.2) is 21.2 Å². The normalized spacial score (nSPS) is 12.2. The topological polar surface area (TPSA) is 92.8 Å². The van der Waals surface area contributed by atoms with E-state index in [0.29, 0.717) is 13.1 Å². The number of nitrogens with zero attached hydrogens (tertiary/aromatic N) is 1. The number of hydrogen-bond acceptors (Lipinski definition) is 5. The lowest BCUT2D eigenvalue weighted by molar-refractivity contribution is 0.385. The van der Waals surface area contributed by atoms with Gasteiger partial charge in [0, 0.05) is 24.8 Å². The molecule has 148 valence electrons. The second-order valence-corrected chi connectivity index (χ2v) is 9.14. The predicted octanol–water partition coefficient (Wildman–Crippen LogP) is 2.67. The molecule has 0 radical (unpaired) electrons. The van der Waals surface area contributed by atoms with E-state index < -0.39 is 25.9 Å². The van der Waals surface area contributed by atoms with Crippen molar-refractivity contribution in [2.45, 2.75) is 23.6 Å². The van der Waals surface area contributed by atoms with Crippen LogP contribution in [-0.4, -0.2) is 41.3 Å². The number of nitrogens with one attached hydrogen (secondary N) is 1. The molecule has 2 aromatic rings. The Balaban J connectivity index is 2.28. The third-order valence-corrected chi connectivity index (χ3v) is 7.33. The number of benzene rings is 2. The Morgan fingerprint density at radius 1 is 0.963 bits per heavy atom. The van der Waals surface area contributed by atoms with Gasteiger partial charge in [0.25, 0.3) is 10.0 Å². The lowest BCUT2D eigenvalue weighted by atomic mass is 10.3. The SMILES string of the molecule is CCN(CC)S(=O)(=O)c1ccc(NS(=O)(=O)c2ccc(F)c(OC)c2)cc1. The maximum atomic E-state index is 13.5. The quantitative estimate of drug-likeness (QED) is 0.714. The molecule has 0 unspecified atom stereocenters. The van der Waals surface area contributed by atoms with Crippen LogP contribution in [0.2, 0.25) is 0 Å². The maximum Gasteiger partial charge on any atom is 0.262 e. The second-order valence-electron chi connectivity index (χ2n) is 5.52. The molecule has 0 saturated heterocycles. The van der Waals surface area contributed by atoms with Crippen LogP contribution < -0.4 is 9.46 Å². The summed E-state index contributed by atoms with van der Waals surface area (Å²) >= 11 is 0. The van der Waals surface area contributed by atoms with Gasteiger partial charge in [0.1, 0.15) is 0 Å². The summed E-state index contributed by atoms with van der Waals surface area (Å²) in [5, 5.41) is 0. The van der Waals surface area contributed by atoms with Crippen LogP contribution in [0.15, 0.2) is 52.3 Å². The summed E-state index contributed by atoms with van der Waals surface area (Å²) in [6.07, 6.45) is 0. The molecule has 27 heavy (non-hydrogen) atoms. The Labute approximate surface area is 158 Å². The molecule has 0 saturated carbocycles. The predicted molar refractivity (Wildman–Crippen MR) is 100 cm³/mol. The fourth-order valence-corrected chi connectivity index (χ4v) is 4.96. The first-order valence-corrected chi connectivity index (χ1v) is 11.0. The van der Waals surface area contributed by atoms with Crippen LogP contribution in [0.3, 0.4) is 0 Å². The molecule has 0 spiro atoms. The highest BCUT2D eigenvalue weighted by atomic mass is 32.2. The van der Waals surface area contributed by atoms with Crippen LogP contribution in [0.5, 0.6) is 5.75 Å². The minimum Gasteiger partial charge on any atom is -0.494 e. The van der Waals surface area contributed by atoms with Crippen LogP contribution in [-0.2, 0) is 20.0 Å². The summed E-state index contributed by atoms with van der Waals surface area (Å²) in [6.45, 7) is 4.14. The van der Waals surface area contributed by atoms with Crippen molar-refractivity contribution in [2.24, 2.45) is 0 Å². The molecule has 0 aromatic heterocycles. The first-order chi connectivity index (χ1) is 12.7. The molecule has 0 aliphatic heterocycles. The minimum atomic E-state index is -3.99. The van der Waals surface area contributed by atoms with Crippen molar-refractivity contribution in [1.29, 1.82) is 0 Å². The van der Waals surface area contributed by atoms with E-state index in [9.17, 15) is 21.2 Å². The zero-order valence-electron chi connectivity index (χ0n) is 15.1. The summed E-state index contributed by atoms with van der Waals surface area (Å²) in [6, 6.07) is 8.54. The molecule has 0 heterocycles. The fraction of sp³-hybridized carbons (Fsp3) is 0.294. The molecule has 0 bridgehead atoms. The summed E-state index contributed by atoms with van der Waals surface area (Å²) in [5.74, 6) is -0.874. The van der Waals surface area contributed by atoms with Crippen molar-refractivity contribution >= 4 is 25.7 Å². The van der Waals surface area contributed by atoms with E-state index in [1.807, 2.05) is 0 Å². The fourth-order valence-electron chi connectivity index (χ4n) is 2.43. The second kappa shape index (κ2) is 8.24. The van der Waals surface area contributed by atoms with Gasteiger partial charge in [-0.2, -0.15) is 4.31 Å². The molecule has 0 aliphatic rings. The molecule has 0 aliphatic carbocycles. The molecule has 2 aromatic carbocycles. The number of sulfonamides is 2. The minimum absolute atomic E-state index is 0.0672. The highest BCUT2D eigenvalue weighted by Gasteiger charge is 2.22. The van der Waals surface area contributed by atoms with E-state index >= 15 is 0 Å². The van der Waals surface area contributed by atoms with E-state index in [-0.39, 0.29) is 21.2 Å². The Morgan fingerprint density at radius 3 is 2.04 bits per heavy atom. The number of hydrogen-bond donors (Lipinski definition) is 1. The van der Waals surface area contributed by atoms with Crippen LogP contribution in [0, 0.1) is 5.82 Å². The average Bonchev–Trinajstić information content (AvgIpc) is 2.63. The summed E-state index contributed by atoms with van der Waals surface area (Å²) in [4.78, 5) is -0.113. The van der Waals surface area contributed by atoms with Gasteiger partial charge in [0.2, 0.25) is 10.0 Å². The number of anilines is 1. The molecule has 0 amide bonds. The van der Waals surface area contributed by atoms with Crippen LogP contribution in [0.25, 0.3) is 0 Å². The number of halogens is 1. The van der Waals surface area contributed by atoms with Crippen molar-refractivity contribution in [2.75, 3.05) is 24.9 Å². The summed E-state index contributed by atoms with van der Waals surface area (Å²) < 4.78 is 71.7. The lowest BCUT2D eigenvalue weighted by Gasteiger charge is -2.18. The molecule has 0 fully saturated rings. The van der Waals surface area contributed by atoms with E-state index in [0.717, 1.165) is 18.2 Å². The van der Waals surface area contributed by atoms with Crippen LogP contribution in [0.4, 0.5) is 10.1 Å². The number of methoxy groups -OCH3 is 1. The van der Waals surface area contributed by atoms with Gasteiger partial charge in [-0.05, 0) is 36.4 Å². The van der Waals surface area contributed by atoms with Gasteiger partial charge in [0.15, 0.2) is 11.6 Å². The zero-order valence-corrected chi connectivity index (χ0v) is 16.8. The Morgan fingerprint density at radius 2 is 1.52 bits per heavy atom. The Bertz CT molecular complexity index is 1000. The largest absolute Gasteiger partial charge is 0.494 e. The first kappa shape index (κ1) is 21.1. The van der Waals surface area contributed by atoms with E-state index in [1.165, 1.54) is 35.7 Å². The van der Waals surface area contributed by atoms with Crippen LogP contribution in [0.1, 0.15) is 13.8 Å². The molecular weight excluding hydrogens is 395 g/mol. The van der Waals surface area contributed by atoms with Gasteiger partial charge in [-0.15, -0.1) is 0 Å². The molecule has 0 atom stereocenters. The van der Waals surface area contributed by atoms with E-state index in [4.69, 9.17) is 4.74 Å². The lowest BCUT2D eigenvalue weighted by Crippen LogP contribution is -2.30. The standard InChI is InChI=1S/C17H21FN2O5S2/c1-4-20(5-2)27(23,24)14-8-6-13(7-9-14)19-26(21,22)15-10-11-16(18)17(12-15)25-3/h6-12,19H,4-5H2,1-3H3. The third-order valence-electron chi connectivity index (χ3n) is 3.88. The highest BCUT2D eigenvalue weighted by Crippen LogP contribution is 2.24. The maximum absolute atomic E-state index is 13.5. The molecule has 7 nitrogen and oxygen atoms in total. The average molecular weight is 416 g/mol. The monoisotopic (exact) mass is 416 g/mol. The number of ether oxygens (including phenoxy) is 1. The van der Waals surface area contributed by atoms with Crippen molar-refractivity contribution < 1.29 is 26.0 Å². The molecule has 2 rings (SSSR count). The molecular formula is C17H21FN2O5S2. The smallest absolute Gasteiger partial charge is 0.262 e. The summed E-state index contributed by atoms with van der Waals surface area (Å²) in [5.41, 5.74) is 0.178. The van der Waals surface area contributed by atoms with Gasteiger partial charge in [-0.1, -0.05) is 13.8 Å². The molecule has 10 heteroatoms. The Hall–Kier alpha value is -2.17. The zero-order chi connectivity index (χ0) is 20.2.